The van der Waals surface area contributed by atoms with E-state index in [0.29, 0.717) is 23.9 Å². The number of likely N-dealkylation sites (N-methyl/N-ethyl adjacent to an activating group) is 1. The molecule has 0 amide bonds. The summed E-state index contributed by atoms with van der Waals surface area (Å²) in [6.07, 6.45) is 47.0. The maximum atomic E-state index is 12.7. The van der Waals surface area contributed by atoms with Crippen LogP contribution in [0.3, 0.4) is 0 Å². The van der Waals surface area contributed by atoms with Crippen LogP contribution >= 0.6 is 7.82 Å². The Morgan fingerprint density at radius 2 is 0.931 bits per heavy atom. The SMILES string of the molecule is CCCCC/C=C/C/C=C/C/C=C/CCCCCCC(=O)OC[C@H](COP(=O)([O-])OCC[N+](C)(C)C)OC(=O)CCCCCCCCC/C=C/CCCCCCCC. The molecule has 10 heteroatoms. The minimum absolute atomic E-state index is 0.0366. The number of nitrogens with zero attached hydrogens (tertiary/aromatic N) is 1. The van der Waals surface area contributed by atoms with Crippen LogP contribution in [0.15, 0.2) is 48.6 Å². The molecule has 0 aliphatic heterocycles. The number of hydrogen-bond acceptors (Lipinski definition) is 8. The summed E-state index contributed by atoms with van der Waals surface area (Å²) in [4.78, 5) is 37.6. The summed E-state index contributed by atoms with van der Waals surface area (Å²) in [5.41, 5.74) is 0. The predicted molar refractivity (Wildman–Crippen MR) is 240 cm³/mol. The summed E-state index contributed by atoms with van der Waals surface area (Å²) in [7, 11) is 1.15. The molecule has 338 valence electrons. The molecule has 0 radical (unpaired) electrons. The lowest BCUT2D eigenvalue weighted by molar-refractivity contribution is -0.870. The van der Waals surface area contributed by atoms with E-state index in [-0.39, 0.29) is 26.1 Å². The molecule has 0 N–H and O–H groups in total. The lowest BCUT2D eigenvalue weighted by Crippen LogP contribution is -2.37. The molecule has 9 nitrogen and oxygen atoms in total. The van der Waals surface area contributed by atoms with Gasteiger partial charge < -0.3 is 27.9 Å². The standard InChI is InChI=1S/C48H88NO8P/c1-6-8-10-12-14-16-18-20-22-24-26-28-30-32-34-36-38-40-47(50)54-44-46(45-56-58(52,53)55-43-42-49(3,4)5)57-48(51)41-39-37-35-33-31-29-27-25-23-21-19-17-15-13-11-9-7-2/h14,16,20-23,26,28,46H,6-13,15,17-19,24-25,27,29-45H2,1-5H3/b16-14+,22-20+,23-21+,28-26+/t46-/m1/s1. The summed E-state index contributed by atoms with van der Waals surface area (Å²) in [5, 5.41) is 0. The van der Waals surface area contributed by atoms with Crippen LogP contribution < -0.4 is 4.89 Å². The van der Waals surface area contributed by atoms with Crippen molar-refractivity contribution in [2.45, 2.75) is 200 Å². The topological polar surface area (TPSA) is 111 Å². The van der Waals surface area contributed by atoms with E-state index in [0.717, 1.165) is 64.2 Å². The summed E-state index contributed by atoms with van der Waals surface area (Å²) < 4.78 is 33.9. The van der Waals surface area contributed by atoms with Crippen molar-refractivity contribution in [1.29, 1.82) is 0 Å². The number of quaternary nitrogens is 1. The van der Waals surface area contributed by atoms with Crippen molar-refractivity contribution in [3.63, 3.8) is 0 Å². The molecule has 0 saturated carbocycles. The average Bonchev–Trinajstić information content (AvgIpc) is 3.17. The third-order valence-corrected chi connectivity index (χ3v) is 10.8. The van der Waals surface area contributed by atoms with Crippen molar-refractivity contribution < 1.29 is 42.1 Å². The second-order valence-electron chi connectivity index (χ2n) is 16.8. The van der Waals surface area contributed by atoms with Crippen molar-refractivity contribution in [2.75, 3.05) is 47.5 Å². The first-order chi connectivity index (χ1) is 28.0. The third-order valence-electron chi connectivity index (χ3n) is 9.82. The quantitative estimate of drug-likeness (QED) is 0.0196. The number of ether oxygens (including phenoxy) is 2. The molecule has 58 heavy (non-hydrogen) atoms. The molecule has 0 bridgehead atoms. The Kier molecular flexibility index (Phi) is 39.0. The first kappa shape index (κ1) is 56.0. The lowest BCUT2D eigenvalue weighted by Gasteiger charge is -2.28. The Hall–Kier alpha value is -2.03. The van der Waals surface area contributed by atoms with Gasteiger partial charge in [-0.25, -0.2) is 0 Å². The fourth-order valence-electron chi connectivity index (χ4n) is 6.13. The van der Waals surface area contributed by atoms with Gasteiger partial charge in [-0.15, -0.1) is 0 Å². The molecule has 0 aliphatic rings. The highest BCUT2D eigenvalue weighted by molar-refractivity contribution is 7.45. The Morgan fingerprint density at radius 1 is 0.534 bits per heavy atom. The number of hydrogen-bond donors (Lipinski definition) is 0. The molecule has 0 aromatic heterocycles. The van der Waals surface area contributed by atoms with E-state index in [1.807, 2.05) is 21.1 Å². The first-order valence-corrected chi connectivity index (χ1v) is 24.8. The van der Waals surface area contributed by atoms with Gasteiger partial charge >= 0.3 is 11.9 Å². The number of phosphoric ester groups is 1. The van der Waals surface area contributed by atoms with Crippen LogP contribution in [0.4, 0.5) is 0 Å². The molecule has 2 atom stereocenters. The van der Waals surface area contributed by atoms with E-state index in [2.05, 4.69) is 62.5 Å². The molecule has 0 aliphatic carbocycles. The summed E-state index contributed by atoms with van der Waals surface area (Å²) in [6, 6.07) is 0. The van der Waals surface area contributed by atoms with Gasteiger partial charge in [0.1, 0.15) is 19.8 Å². The number of unbranched alkanes of at least 4 members (excludes halogenated alkanes) is 20. The van der Waals surface area contributed by atoms with E-state index in [9.17, 15) is 19.0 Å². The van der Waals surface area contributed by atoms with Crippen LogP contribution in [0, 0.1) is 0 Å². The zero-order valence-electron chi connectivity index (χ0n) is 38.0. The Morgan fingerprint density at radius 3 is 1.43 bits per heavy atom. The van der Waals surface area contributed by atoms with E-state index < -0.39 is 32.5 Å². The number of carbonyl (C=O) groups is 2. The zero-order chi connectivity index (χ0) is 42.8. The molecule has 0 spiro atoms. The number of phosphoric acid groups is 1. The third kappa shape index (κ3) is 43.5. The van der Waals surface area contributed by atoms with Crippen molar-refractivity contribution in [3.05, 3.63) is 48.6 Å². The molecular formula is C48H88NO8P. The average molecular weight is 838 g/mol. The minimum Gasteiger partial charge on any atom is -0.756 e. The largest absolute Gasteiger partial charge is 0.756 e. The van der Waals surface area contributed by atoms with Crippen LogP contribution in [0.5, 0.6) is 0 Å². The molecule has 0 rings (SSSR count). The van der Waals surface area contributed by atoms with Crippen LogP contribution in [0.2, 0.25) is 0 Å². The van der Waals surface area contributed by atoms with E-state index >= 15 is 0 Å². The minimum atomic E-state index is -4.63. The monoisotopic (exact) mass is 838 g/mol. The van der Waals surface area contributed by atoms with Crippen LogP contribution in [-0.4, -0.2) is 70.0 Å². The number of allylic oxidation sites excluding steroid dienone is 8. The summed E-state index contributed by atoms with van der Waals surface area (Å²) >= 11 is 0. The summed E-state index contributed by atoms with van der Waals surface area (Å²) in [5.74, 6) is -0.864. The van der Waals surface area contributed by atoms with Gasteiger partial charge in [-0.05, 0) is 77.0 Å². The van der Waals surface area contributed by atoms with Crippen LogP contribution in [0.25, 0.3) is 0 Å². The van der Waals surface area contributed by atoms with Gasteiger partial charge in [0.15, 0.2) is 6.10 Å². The van der Waals surface area contributed by atoms with Crippen molar-refractivity contribution in [2.24, 2.45) is 0 Å². The Labute approximate surface area is 356 Å². The van der Waals surface area contributed by atoms with Gasteiger partial charge in [-0.1, -0.05) is 152 Å². The maximum Gasteiger partial charge on any atom is 0.306 e. The van der Waals surface area contributed by atoms with Gasteiger partial charge in [-0.3, -0.25) is 14.2 Å². The molecule has 0 aromatic carbocycles. The van der Waals surface area contributed by atoms with Crippen molar-refractivity contribution in [1.82, 2.24) is 0 Å². The van der Waals surface area contributed by atoms with E-state index in [4.69, 9.17) is 18.5 Å². The Balaban J connectivity index is 4.37. The fourth-order valence-corrected chi connectivity index (χ4v) is 6.85. The van der Waals surface area contributed by atoms with Gasteiger partial charge in [0.05, 0.1) is 27.7 Å². The molecule has 0 aromatic rings. The fraction of sp³-hybridized carbons (Fsp3) is 0.792. The molecule has 1 unspecified atom stereocenters. The van der Waals surface area contributed by atoms with Crippen molar-refractivity contribution >= 4 is 19.8 Å². The lowest BCUT2D eigenvalue weighted by atomic mass is 10.1. The molecule has 0 saturated heterocycles. The number of carbonyl (C=O) groups excluding carboxylic acids is 2. The van der Waals surface area contributed by atoms with Gasteiger partial charge in [0, 0.05) is 12.8 Å². The maximum absolute atomic E-state index is 12.7. The Bertz CT molecular complexity index is 1130. The van der Waals surface area contributed by atoms with Crippen LogP contribution in [-0.2, 0) is 32.7 Å². The zero-order valence-corrected chi connectivity index (χ0v) is 38.9. The highest BCUT2D eigenvalue weighted by atomic mass is 31.2. The molecular weight excluding hydrogens is 750 g/mol. The first-order valence-electron chi connectivity index (χ1n) is 23.3. The van der Waals surface area contributed by atoms with Crippen molar-refractivity contribution in [3.8, 4) is 0 Å². The van der Waals surface area contributed by atoms with Gasteiger partial charge in [0.25, 0.3) is 7.82 Å². The summed E-state index contributed by atoms with van der Waals surface area (Å²) in [6.45, 7) is 4.17. The number of rotatable bonds is 42. The molecule has 0 heterocycles. The van der Waals surface area contributed by atoms with E-state index in [1.165, 1.54) is 89.9 Å². The van der Waals surface area contributed by atoms with Crippen LogP contribution in [0.1, 0.15) is 194 Å². The second kappa shape index (κ2) is 40.4. The molecule has 0 fully saturated rings. The second-order valence-corrected chi connectivity index (χ2v) is 18.2. The van der Waals surface area contributed by atoms with Gasteiger partial charge in [-0.2, -0.15) is 0 Å². The highest BCUT2D eigenvalue weighted by Crippen LogP contribution is 2.38. The normalized spacial score (nSPS) is 14.0. The highest BCUT2D eigenvalue weighted by Gasteiger charge is 2.21. The van der Waals surface area contributed by atoms with Gasteiger partial charge in [0.2, 0.25) is 0 Å². The number of esters is 2. The van der Waals surface area contributed by atoms with E-state index in [1.54, 1.807) is 0 Å². The smallest absolute Gasteiger partial charge is 0.306 e. The predicted octanol–water partition coefficient (Wildman–Crippen LogP) is 12.8.